The Hall–Kier alpha value is -1.28. The molecule has 1 aliphatic carbocycles. The zero-order chi connectivity index (χ0) is 13.7. The maximum atomic E-state index is 6.10. The van der Waals surface area contributed by atoms with E-state index in [0.717, 1.165) is 24.2 Å². The lowest BCUT2D eigenvalue weighted by atomic mass is 9.97. The molecule has 0 radical (unpaired) electrons. The Balaban J connectivity index is 1.92. The van der Waals surface area contributed by atoms with Gasteiger partial charge in [0.15, 0.2) is 0 Å². The molecule has 1 aromatic carbocycles. The number of benzene rings is 1. The largest absolute Gasteiger partial charge is 0.463 e. The van der Waals surface area contributed by atoms with Crippen molar-refractivity contribution in [3.63, 3.8) is 0 Å². The van der Waals surface area contributed by atoms with E-state index < -0.39 is 5.79 Å². The van der Waals surface area contributed by atoms with Crippen LogP contribution in [0.4, 0.5) is 0 Å². The third kappa shape index (κ3) is 4.39. The first-order valence-electron chi connectivity index (χ1n) is 7.18. The van der Waals surface area contributed by atoms with Crippen LogP contribution in [0, 0.1) is 0 Å². The summed E-state index contributed by atoms with van der Waals surface area (Å²) in [6.45, 7) is 7.73. The summed E-state index contributed by atoms with van der Waals surface area (Å²) in [5, 5.41) is 0. The van der Waals surface area contributed by atoms with E-state index >= 15 is 0 Å². The van der Waals surface area contributed by atoms with Crippen molar-refractivity contribution in [2.24, 2.45) is 0 Å². The van der Waals surface area contributed by atoms with Crippen LogP contribution >= 0.6 is 0 Å². The van der Waals surface area contributed by atoms with Gasteiger partial charge >= 0.3 is 0 Å². The third-order valence-corrected chi connectivity index (χ3v) is 3.48. The quantitative estimate of drug-likeness (QED) is 0.708. The SMILES string of the molecule is C=Cc1ccc(OC(C)(C)OC2CCCCC2)cc1. The van der Waals surface area contributed by atoms with Crippen molar-refractivity contribution in [3.05, 3.63) is 36.4 Å². The summed E-state index contributed by atoms with van der Waals surface area (Å²) in [5.74, 6) is 0.268. The zero-order valence-corrected chi connectivity index (χ0v) is 12.0. The van der Waals surface area contributed by atoms with Gasteiger partial charge in [-0.1, -0.05) is 44.1 Å². The van der Waals surface area contributed by atoms with E-state index in [2.05, 4.69) is 6.58 Å². The zero-order valence-electron chi connectivity index (χ0n) is 12.0. The molecular formula is C17H24O2. The van der Waals surface area contributed by atoms with E-state index in [1.54, 1.807) is 0 Å². The van der Waals surface area contributed by atoms with E-state index in [9.17, 15) is 0 Å². The van der Waals surface area contributed by atoms with Crippen molar-refractivity contribution in [1.29, 1.82) is 0 Å². The highest BCUT2D eigenvalue weighted by molar-refractivity contribution is 5.48. The molecule has 0 heterocycles. The number of rotatable bonds is 5. The van der Waals surface area contributed by atoms with Crippen molar-refractivity contribution >= 4 is 6.08 Å². The van der Waals surface area contributed by atoms with Gasteiger partial charge in [0, 0.05) is 13.8 Å². The van der Waals surface area contributed by atoms with Gasteiger partial charge in [0.1, 0.15) is 5.75 Å². The average molecular weight is 260 g/mol. The Morgan fingerprint density at radius 2 is 1.74 bits per heavy atom. The summed E-state index contributed by atoms with van der Waals surface area (Å²) in [7, 11) is 0. The summed E-state index contributed by atoms with van der Waals surface area (Å²) >= 11 is 0. The molecule has 0 saturated heterocycles. The fourth-order valence-electron chi connectivity index (χ4n) is 2.56. The van der Waals surface area contributed by atoms with Crippen LogP contribution < -0.4 is 4.74 Å². The first kappa shape index (κ1) is 14.1. The second-order valence-corrected chi connectivity index (χ2v) is 5.65. The first-order chi connectivity index (χ1) is 9.09. The van der Waals surface area contributed by atoms with E-state index in [1.165, 1.54) is 19.3 Å². The maximum absolute atomic E-state index is 6.10. The summed E-state index contributed by atoms with van der Waals surface area (Å²) < 4.78 is 12.0. The monoisotopic (exact) mass is 260 g/mol. The van der Waals surface area contributed by atoms with Crippen LogP contribution in [0.25, 0.3) is 6.08 Å². The summed E-state index contributed by atoms with van der Waals surface area (Å²) in [6, 6.07) is 7.92. The smallest absolute Gasteiger partial charge is 0.205 e. The van der Waals surface area contributed by atoms with E-state index in [0.29, 0.717) is 6.10 Å². The molecule has 0 spiro atoms. The highest BCUT2D eigenvalue weighted by Crippen LogP contribution is 2.27. The third-order valence-electron chi connectivity index (χ3n) is 3.48. The van der Waals surface area contributed by atoms with Gasteiger partial charge in [-0.3, -0.25) is 0 Å². The van der Waals surface area contributed by atoms with Crippen LogP contribution in [0.3, 0.4) is 0 Å². The molecule has 2 rings (SSSR count). The molecule has 0 aromatic heterocycles. The van der Waals surface area contributed by atoms with Gasteiger partial charge in [-0.2, -0.15) is 0 Å². The number of hydrogen-bond donors (Lipinski definition) is 0. The van der Waals surface area contributed by atoms with Gasteiger partial charge in [0.05, 0.1) is 6.10 Å². The van der Waals surface area contributed by atoms with E-state index in [4.69, 9.17) is 9.47 Å². The Bertz CT molecular complexity index is 400. The number of ether oxygens (including phenoxy) is 2. The fourth-order valence-corrected chi connectivity index (χ4v) is 2.56. The Morgan fingerprint density at radius 1 is 1.11 bits per heavy atom. The second kappa shape index (κ2) is 6.25. The van der Waals surface area contributed by atoms with Crippen molar-refractivity contribution in [2.75, 3.05) is 0 Å². The Morgan fingerprint density at radius 3 is 2.32 bits per heavy atom. The molecule has 1 aliphatic rings. The van der Waals surface area contributed by atoms with Crippen molar-refractivity contribution < 1.29 is 9.47 Å². The minimum absolute atomic E-state index is 0.344. The highest BCUT2D eigenvalue weighted by atomic mass is 16.7. The van der Waals surface area contributed by atoms with Crippen LogP contribution in [-0.4, -0.2) is 11.9 Å². The van der Waals surface area contributed by atoms with E-state index in [-0.39, 0.29) is 0 Å². The number of hydrogen-bond acceptors (Lipinski definition) is 2. The van der Waals surface area contributed by atoms with Crippen LogP contribution in [0.15, 0.2) is 30.8 Å². The molecule has 104 valence electrons. The summed E-state index contributed by atoms with van der Waals surface area (Å²) in [5.41, 5.74) is 1.10. The molecule has 2 nitrogen and oxygen atoms in total. The molecule has 2 heteroatoms. The molecule has 0 unspecified atom stereocenters. The molecule has 0 aliphatic heterocycles. The van der Waals surface area contributed by atoms with Crippen molar-refractivity contribution in [3.8, 4) is 5.75 Å². The van der Waals surface area contributed by atoms with Gasteiger partial charge < -0.3 is 9.47 Å². The molecular weight excluding hydrogens is 236 g/mol. The molecule has 0 atom stereocenters. The molecule has 19 heavy (non-hydrogen) atoms. The van der Waals surface area contributed by atoms with Gasteiger partial charge in [-0.15, -0.1) is 0 Å². The van der Waals surface area contributed by atoms with E-state index in [1.807, 2.05) is 44.2 Å². The minimum Gasteiger partial charge on any atom is -0.463 e. The average Bonchev–Trinajstić information content (AvgIpc) is 2.39. The van der Waals surface area contributed by atoms with Gasteiger partial charge in [0.25, 0.3) is 0 Å². The molecule has 1 saturated carbocycles. The van der Waals surface area contributed by atoms with Gasteiger partial charge in [-0.25, -0.2) is 0 Å². The fraction of sp³-hybridized carbons (Fsp3) is 0.529. The Kier molecular flexibility index (Phi) is 4.65. The van der Waals surface area contributed by atoms with Crippen LogP contribution in [-0.2, 0) is 4.74 Å². The molecule has 1 aromatic rings. The lowest BCUT2D eigenvalue weighted by Crippen LogP contribution is -2.37. The predicted molar refractivity (Wildman–Crippen MR) is 79.2 cm³/mol. The minimum atomic E-state index is -0.572. The standard InChI is InChI=1S/C17H24O2/c1-4-14-10-12-16(13-11-14)19-17(2,3)18-15-8-6-5-7-9-15/h4,10-13,15H,1,5-9H2,2-3H3. The highest BCUT2D eigenvalue weighted by Gasteiger charge is 2.26. The van der Waals surface area contributed by atoms with Crippen LogP contribution in [0.2, 0.25) is 0 Å². The van der Waals surface area contributed by atoms with Crippen LogP contribution in [0.1, 0.15) is 51.5 Å². The normalized spacial score (nSPS) is 17.2. The van der Waals surface area contributed by atoms with Gasteiger partial charge in [0.2, 0.25) is 5.79 Å². The topological polar surface area (TPSA) is 18.5 Å². The predicted octanol–water partition coefficient (Wildman–Crippen LogP) is 4.79. The summed E-state index contributed by atoms with van der Waals surface area (Å²) in [6.07, 6.45) is 8.36. The molecule has 1 fully saturated rings. The van der Waals surface area contributed by atoms with Crippen molar-refractivity contribution in [2.45, 2.75) is 57.8 Å². The first-order valence-corrected chi connectivity index (χ1v) is 7.18. The lowest BCUT2D eigenvalue weighted by molar-refractivity contribution is -0.193. The lowest BCUT2D eigenvalue weighted by Gasteiger charge is -2.33. The molecule has 0 amide bonds. The second-order valence-electron chi connectivity index (χ2n) is 5.65. The molecule has 0 bridgehead atoms. The summed E-state index contributed by atoms with van der Waals surface area (Å²) in [4.78, 5) is 0. The maximum Gasteiger partial charge on any atom is 0.205 e. The van der Waals surface area contributed by atoms with Crippen LogP contribution in [0.5, 0.6) is 5.75 Å². The van der Waals surface area contributed by atoms with Crippen molar-refractivity contribution in [1.82, 2.24) is 0 Å². The van der Waals surface area contributed by atoms with Gasteiger partial charge in [-0.05, 0) is 30.5 Å². The Labute approximate surface area is 116 Å². The molecule has 0 N–H and O–H groups in total.